The highest BCUT2D eigenvalue weighted by Crippen LogP contribution is 2.14. The lowest BCUT2D eigenvalue weighted by atomic mass is 10.1. The second-order valence-corrected chi connectivity index (χ2v) is 2.24. The molecule has 1 heterocycles. The molecule has 44 valence electrons. The molecule has 0 aromatic heterocycles. The fraction of sp³-hybridized carbons (Fsp3) is 0.600. The first kappa shape index (κ1) is 5.28. The molecule has 0 atom stereocenters. The second kappa shape index (κ2) is 1.58. The largest absolute Gasteiger partial charge is 0.348 e. The first-order valence-corrected chi connectivity index (χ1v) is 2.46. The molecule has 0 unspecified atom stereocenters. The van der Waals surface area contributed by atoms with Crippen molar-refractivity contribution in [1.29, 1.82) is 0 Å². The van der Waals surface area contributed by atoms with Crippen molar-refractivity contribution < 1.29 is 4.84 Å². The molecular weight excluding hydrogens is 104 g/mol. The molecule has 1 aliphatic heterocycles. The number of hydrogen-bond donors (Lipinski definition) is 0. The Bertz CT molecular complexity index is 123. The third-order valence-corrected chi connectivity index (χ3v) is 0.882. The summed E-state index contributed by atoms with van der Waals surface area (Å²) in [6.07, 6.45) is 3.38. The van der Waals surface area contributed by atoms with Gasteiger partial charge in [-0.15, -0.1) is 5.11 Å². The van der Waals surface area contributed by atoms with Gasteiger partial charge in [0.15, 0.2) is 0 Å². The van der Waals surface area contributed by atoms with E-state index in [0.717, 1.165) is 0 Å². The standard InChI is InChI=1S/C5H8N2O/c1-5(2)3-4-8-7-6-5/h3-4H,1-2H3. The molecule has 8 heavy (non-hydrogen) atoms. The number of hydrogen-bond acceptors (Lipinski definition) is 3. The Morgan fingerprint density at radius 2 is 2.25 bits per heavy atom. The molecule has 0 radical (unpaired) electrons. The predicted molar refractivity (Wildman–Crippen MR) is 29.2 cm³/mol. The normalized spacial score (nSPS) is 22.8. The van der Waals surface area contributed by atoms with E-state index in [-0.39, 0.29) is 5.54 Å². The molecule has 0 N–H and O–H groups in total. The monoisotopic (exact) mass is 112 g/mol. The van der Waals surface area contributed by atoms with Crippen LogP contribution in [0.25, 0.3) is 0 Å². The van der Waals surface area contributed by atoms with E-state index in [2.05, 4.69) is 15.2 Å². The second-order valence-electron chi connectivity index (χ2n) is 2.24. The van der Waals surface area contributed by atoms with Crippen LogP contribution in [0.2, 0.25) is 0 Å². The summed E-state index contributed by atoms with van der Waals surface area (Å²) in [6.45, 7) is 3.91. The number of nitrogens with zero attached hydrogens (tertiary/aromatic N) is 2. The van der Waals surface area contributed by atoms with Gasteiger partial charge in [-0.05, 0) is 19.9 Å². The Hall–Kier alpha value is -0.860. The van der Waals surface area contributed by atoms with Gasteiger partial charge in [-0.3, -0.25) is 0 Å². The highest BCUT2D eigenvalue weighted by Gasteiger charge is 2.13. The van der Waals surface area contributed by atoms with E-state index in [0.29, 0.717) is 0 Å². The molecule has 0 fully saturated rings. The van der Waals surface area contributed by atoms with Crippen LogP contribution in [-0.2, 0) is 4.84 Å². The van der Waals surface area contributed by atoms with Gasteiger partial charge in [0.1, 0.15) is 11.8 Å². The maximum atomic E-state index is 4.48. The van der Waals surface area contributed by atoms with E-state index in [4.69, 9.17) is 0 Å². The third kappa shape index (κ3) is 1.05. The van der Waals surface area contributed by atoms with Crippen LogP contribution in [-0.4, -0.2) is 5.54 Å². The van der Waals surface area contributed by atoms with Crippen LogP contribution < -0.4 is 0 Å². The molecule has 0 amide bonds. The summed E-state index contributed by atoms with van der Waals surface area (Å²) >= 11 is 0. The molecule has 3 heteroatoms. The predicted octanol–water partition coefficient (Wildman–Crippen LogP) is 1.68. The maximum absolute atomic E-state index is 4.48. The van der Waals surface area contributed by atoms with E-state index < -0.39 is 0 Å². The van der Waals surface area contributed by atoms with E-state index >= 15 is 0 Å². The Labute approximate surface area is 48.0 Å². The summed E-state index contributed by atoms with van der Waals surface area (Å²) in [5.74, 6) is 0. The minimum absolute atomic E-state index is 0.168. The Kier molecular flexibility index (Phi) is 1.04. The lowest BCUT2D eigenvalue weighted by Gasteiger charge is -2.12. The van der Waals surface area contributed by atoms with Crippen molar-refractivity contribution in [3.05, 3.63) is 12.3 Å². The van der Waals surface area contributed by atoms with E-state index in [1.54, 1.807) is 0 Å². The van der Waals surface area contributed by atoms with E-state index in [9.17, 15) is 0 Å². The minimum Gasteiger partial charge on any atom is -0.348 e. The van der Waals surface area contributed by atoms with Crippen LogP contribution in [0.3, 0.4) is 0 Å². The zero-order valence-corrected chi connectivity index (χ0v) is 4.96. The Morgan fingerprint density at radius 1 is 1.50 bits per heavy atom. The van der Waals surface area contributed by atoms with Gasteiger partial charge in [0, 0.05) is 5.28 Å². The summed E-state index contributed by atoms with van der Waals surface area (Å²) in [5.41, 5.74) is -0.168. The van der Waals surface area contributed by atoms with Gasteiger partial charge in [0.05, 0.1) is 0 Å². The molecule has 0 aromatic carbocycles. The van der Waals surface area contributed by atoms with Gasteiger partial charge in [0.25, 0.3) is 0 Å². The average molecular weight is 112 g/mol. The highest BCUT2D eigenvalue weighted by atomic mass is 16.6. The average Bonchev–Trinajstić information content (AvgIpc) is 1.65. The van der Waals surface area contributed by atoms with Crippen LogP contribution in [0, 0.1) is 0 Å². The maximum Gasteiger partial charge on any atom is 0.122 e. The van der Waals surface area contributed by atoms with Gasteiger partial charge >= 0.3 is 0 Å². The molecule has 0 saturated carbocycles. The topological polar surface area (TPSA) is 34.0 Å². The van der Waals surface area contributed by atoms with Crippen LogP contribution in [0.4, 0.5) is 0 Å². The first-order valence-electron chi connectivity index (χ1n) is 2.46. The van der Waals surface area contributed by atoms with Crippen molar-refractivity contribution in [2.75, 3.05) is 0 Å². The fourth-order valence-electron chi connectivity index (χ4n) is 0.386. The molecule has 0 saturated heterocycles. The Morgan fingerprint density at radius 3 is 2.50 bits per heavy atom. The molecular formula is C5H8N2O. The van der Waals surface area contributed by atoms with Crippen molar-refractivity contribution in [2.45, 2.75) is 19.4 Å². The lowest BCUT2D eigenvalue weighted by Crippen LogP contribution is -2.13. The molecule has 0 aromatic rings. The first-order chi connectivity index (χ1) is 3.71. The Balaban J connectivity index is 2.69. The smallest absolute Gasteiger partial charge is 0.122 e. The fourth-order valence-corrected chi connectivity index (χ4v) is 0.386. The molecule has 3 nitrogen and oxygen atoms in total. The quantitative estimate of drug-likeness (QED) is 0.469. The van der Waals surface area contributed by atoms with Crippen LogP contribution in [0.15, 0.2) is 22.7 Å². The van der Waals surface area contributed by atoms with Crippen molar-refractivity contribution in [3.63, 3.8) is 0 Å². The molecule has 1 aliphatic rings. The molecule has 1 rings (SSSR count). The summed E-state index contributed by atoms with van der Waals surface area (Å²) in [7, 11) is 0. The van der Waals surface area contributed by atoms with Gasteiger partial charge < -0.3 is 4.84 Å². The van der Waals surface area contributed by atoms with E-state index in [1.807, 2.05) is 19.9 Å². The van der Waals surface area contributed by atoms with Gasteiger partial charge in [-0.1, -0.05) is 0 Å². The zero-order chi connectivity index (χ0) is 6.04. The minimum atomic E-state index is -0.168. The molecule has 0 aliphatic carbocycles. The van der Waals surface area contributed by atoms with Crippen LogP contribution in [0.1, 0.15) is 13.8 Å². The SMILES string of the molecule is CC1(C)C=CON=N1. The van der Waals surface area contributed by atoms with Crippen molar-refractivity contribution in [1.82, 2.24) is 0 Å². The van der Waals surface area contributed by atoms with E-state index in [1.165, 1.54) is 6.26 Å². The highest BCUT2D eigenvalue weighted by molar-refractivity contribution is 4.98. The molecule has 0 bridgehead atoms. The number of rotatable bonds is 0. The summed E-state index contributed by atoms with van der Waals surface area (Å²) in [6, 6.07) is 0. The summed E-state index contributed by atoms with van der Waals surface area (Å²) < 4.78 is 0. The zero-order valence-electron chi connectivity index (χ0n) is 4.96. The van der Waals surface area contributed by atoms with Gasteiger partial charge in [0.2, 0.25) is 0 Å². The van der Waals surface area contributed by atoms with Crippen molar-refractivity contribution >= 4 is 0 Å². The van der Waals surface area contributed by atoms with Crippen LogP contribution in [0.5, 0.6) is 0 Å². The van der Waals surface area contributed by atoms with Gasteiger partial charge in [-0.25, -0.2) is 0 Å². The summed E-state index contributed by atoms with van der Waals surface area (Å²) in [4.78, 5) is 4.48. The third-order valence-electron chi connectivity index (χ3n) is 0.882. The van der Waals surface area contributed by atoms with Crippen molar-refractivity contribution in [3.8, 4) is 0 Å². The summed E-state index contributed by atoms with van der Waals surface area (Å²) in [5, 5.41) is 7.15. The lowest BCUT2D eigenvalue weighted by molar-refractivity contribution is 0.207. The van der Waals surface area contributed by atoms with Gasteiger partial charge in [-0.2, -0.15) is 0 Å². The molecule has 0 spiro atoms. The van der Waals surface area contributed by atoms with Crippen LogP contribution >= 0.6 is 0 Å². The van der Waals surface area contributed by atoms with Crippen molar-refractivity contribution in [2.24, 2.45) is 10.4 Å².